The molecule has 3 aromatic rings. The van der Waals surface area contributed by atoms with Crippen LogP contribution in [0, 0.1) is 0 Å². The molecule has 1 aromatic heterocycles. The van der Waals surface area contributed by atoms with Crippen LogP contribution < -0.4 is 13.8 Å². The zero-order valence-corrected chi connectivity index (χ0v) is 18.6. The summed E-state index contributed by atoms with van der Waals surface area (Å²) in [6.45, 7) is 2.24. The highest BCUT2D eigenvalue weighted by Crippen LogP contribution is 2.35. The van der Waals surface area contributed by atoms with E-state index in [9.17, 15) is 18.0 Å². The summed E-state index contributed by atoms with van der Waals surface area (Å²) in [4.78, 5) is 25.7. The van der Waals surface area contributed by atoms with Crippen molar-refractivity contribution >= 4 is 38.5 Å². The predicted molar refractivity (Wildman–Crippen MR) is 118 cm³/mol. The third-order valence-corrected chi connectivity index (χ3v) is 6.44. The predicted octanol–water partition coefficient (Wildman–Crippen LogP) is 2.69. The van der Waals surface area contributed by atoms with E-state index in [4.69, 9.17) is 14.2 Å². The fourth-order valence-electron chi connectivity index (χ4n) is 3.81. The monoisotopic (exact) mass is 458 g/mol. The van der Waals surface area contributed by atoms with Crippen LogP contribution in [0.2, 0.25) is 0 Å². The summed E-state index contributed by atoms with van der Waals surface area (Å²) in [5.74, 6) is -0.211. The summed E-state index contributed by atoms with van der Waals surface area (Å²) >= 11 is 0. The van der Waals surface area contributed by atoms with Crippen LogP contribution in [0.5, 0.6) is 11.5 Å². The number of hydrogen-bond donors (Lipinski definition) is 0. The maximum absolute atomic E-state index is 13.5. The van der Waals surface area contributed by atoms with Crippen LogP contribution in [0.1, 0.15) is 22.1 Å². The lowest BCUT2D eigenvalue weighted by Crippen LogP contribution is -2.44. The van der Waals surface area contributed by atoms with E-state index in [1.165, 1.54) is 30.9 Å². The molecule has 32 heavy (non-hydrogen) atoms. The van der Waals surface area contributed by atoms with E-state index in [1.54, 1.807) is 36.4 Å². The number of anilines is 1. The Labute approximate surface area is 185 Å². The molecule has 0 amide bonds. The van der Waals surface area contributed by atoms with Gasteiger partial charge in [0, 0.05) is 17.6 Å². The molecule has 0 unspecified atom stereocenters. The number of carbonyl (C=O) groups excluding carboxylic acids is 2. The number of aromatic nitrogens is 1. The summed E-state index contributed by atoms with van der Waals surface area (Å²) in [5, 5.41) is 0.533. The number of ether oxygens (including phenoxy) is 3. The van der Waals surface area contributed by atoms with Crippen LogP contribution in [0.25, 0.3) is 10.9 Å². The minimum Gasteiger partial charge on any atom is -0.486 e. The molecule has 0 fully saturated rings. The third-order valence-electron chi connectivity index (χ3n) is 5.20. The van der Waals surface area contributed by atoms with Crippen molar-refractivity contribution in [1.29, 1.82) is 0 Å². The summed E-state index contributed by atoms with van der Waals surface area (Å²) < 4.78 is 43.6. The number of methoxy groups -OCH3 is 1. The minimum absolute atomic E-state index is 0.217. The van der Waals surface area contributed by atoms with Crippen LogP contribution in [0.3, 0.4) is 0 Å². The van der Waals surface area contributed by atoms with Crippen LogP contribution in [0.15, 0.2) is 48.7 Å². The van der Waals surface area contributed by atoms with E-state index in [2.05, 4.69) is 0 Å². The molecule has 2 aromatic carbocycles. The largest absolute Gasteiger partial charge is 0.486 e. The van der Waals surface area contributed by atoms with Crippen molar-refractivity contribution in [3.05, 3.63) is 54.2 Å². The average molecular weight is 458 g/mol. The molecule has 168 valence electrons. The lowest BCUT2D eigenvalue weighted by molar-refractivity contribution is 0.0603. The topological polar surface area (TPSA) is 104 Å². The lowest BCUT2D eigenvalue weighted by Gasteiger charge is -2.29. The average Bonchev–Trinajstić information content (AvgIpc) is 3.17. The fourth-order valence-corrected chi connectivity index (χ4v) is 4.97. The molecule has 0 bridgehead atoms. The highest BCUT2D eigenvalue weighted by molar-refractivity contribution is 7.92. The van der Waals surface area contributed by atoms with E-state index in [0.717, 1.165) is 10.6 Å². The second kappa shape index (κ2) is 8.19. The number of sulfonamides is 1. The van der Waals surface area contributed by atoms with Crippen molar-refractivity contribution in [2.24, 2.45) is 0 Å². The molecule has 0 N–H and O–H groups in total. The Morgan fingerprint density at radius 1 is 1.09 bits per heavy atom. The smallest absolute Gasteiger partial charge is 0.340 e. The van der Waals surface area contributed by atoms with Gasteiger partial charge in [-0.15, -0.1) is 0 Å². The maximum Gasteiger partial charge on any atom is 0.340 e. The van der Waals surface area contributed by atoms with E-state index >= 15 is 0 Å². The third kappa shape index (κ3) is 3.77. The summed E-state index contributed by atoms with van der Waals surface area (Å²) in [6.07, 6.45) is 2.40. The van der Waals surface area contributed by atoms with E-state index in [-0.39, 0.29) is 11.3 Å². The second-order valence-corrected chi connectivity index (χ2v) is 9.18. The molecule has 1 aliphatic rings. The Morgan fingerprint density at radius 2 is 1.78 bits per heavy atom. The van der Waals surface area contributed by atoms with Gasteiger partial charge in [-0.25, -0.2) is 13.2 Å². The van der Waals surface area contributed by atoms with E-state index in [0.29, 0.717) is 35.6 Å². The number of nitrogens with zero attached hydrogens (tertiary/aromatic N) is 2. The van der Waals surface area contributed by atoms with Crippen molar-refractivity contribution in [1.82, 2.24) is 4.57 Å². The Kier molecular flexibility index (Phi) is 5.55. The first-order chi connectivity index (χ1) is 15.2. The number of para-hydroxylation sites is 1. The van der Waals surface area contributed by atoms with Crippen molar-refractivity contribution in [2.45, 2.75) is 13.0 Å². The van der Waals surface area contributed by atoms with Gasteiger partial charge < -0.3 is 14.2 Å². The van der Waals surface area contributed by atoms with Crippen molar-refractivity contribution in [2.75, 3.05) is 30.9 Å². The first-order valence-electron chi connectivity index (χ1n) is 9.84. The summed E-state index contributed by atoms with van der Waals surface area (Å²) in [7, 11) is -2.60. The zero-order chi connectivity index (χ0) is 23.0. The van der Waals surface area contributed by atoms with Gasteiger partial charge in [0.05, 0.1) is 30.1 Å². The van der Waals surface area contributed by atoms with E-state index in [1.807, 2.05) is 0 Å². The molecule has 0 spiro atoms. The molecular formula is C22H22N2O7S. The molecule has 0 saturated heterocycles. The fraction of sp³-hybridized carbons (Fsp3) is 0.273. The van der Waals surface area contributed by atoms with Gasteiger partial charge >= 0.3 is 5.97 Å². The van der Waals surface area contributed by atoms with Gasteiger partial charge in [0.15, 0.2) is 11.5 Å². The molecule has 0 radical (unpaired) electrons. The van der Waals surface area contributed by atoms with Gasteiger partial charge in [0.2, 0.25) is 10.0 Å². The van der Waals surface area contributed by atoms with Gasteiger partial charge in [-0.1, -0.05) is 18.2 Å². The van der Waals surface area contributed by atoms with E-state index < -0.39 is 27.9 Å². The number of carbonyl (C=O) groups is 2. The SMILES string of the molecule is COC(=O)c1cn(C(=O)[C@H](C)N(c2ccc3c(c2)OCCO3)S(C)(=O)=O)c2ccccc12. The van der Waals surface area contributed by atoms with Crippen LogP contribution >= 0.6 is 0 Å². The molecular weight excluding hydrogens is 436 g/mol. The lowest BCUT2D eigenvalue weighted by atomic mass is 10.2. The van der Waals surface area contributed by atoms with Gasteiger partial charge in [-0.3, -0.25) is 13.7 Å². The molecule has 9 nitrogen and oxygen atoms in total. The van der Waals surface area contributed by atoms with Gasteiger partial charge in [0.25, 0.3) is 5.91 Å². The zero-order valence-electron chi connectivity index (χ0n) is 17.8. The number of benzene rings is 2. The Bertz CT molecular complexity index is 1310. The highest BCUT2D eigenvalue weighted by Gasteiger charge is 2.32. The van der Waals surface area contributed by atoms with Crippen molar-refractivity contribution < 1.29 is 32.2 Å². The number of rotatable bonds is 5. The number of hydrogen-bond acceptors (Lipinski definition) is 7. The maximum atomic E-state index is 13.5. The van der Waals surface area contributed by atoms with Gasteiger partial charge in [-0.05, 0) is 25.1 Å². The number of fused-ring (bicyclic) bond motifs is 2. The molecule has 10 heteroatoms. The highest BCUT2D eigenvalue weighted by atomic mass is 32.2. The quantitative estimate of drug-likeness (QED) is 0.542. The standard InChI is InChI=1S/C22H22N2O7S/c1-14(21(25)23-13-17(22(26)29-2)16-6-4-5-7-18(16)23)24(32(3,27)28)15-8-9-19-20(12-15)31-11-10-30-19/h4-9,12-14H,10-11H2,1-3H3/t14-/m0/s1. The molecule has 0 saturated carbocycles. The Balaban J connectivity index is 1.78. The Hall–Kier alpha value is -3.53. The normalized spacial score (nSPS) is 14.1. The first-order valence-corrected chi connectivity index (χ1v) is 11.7. The van der Waals surface area contributed by atoms with Crippen molar-refractivity contribution in [3.8, 4) is 11.5 Å². The minimum atomic E-state index is -3.85. The molecule has 1 atom stereocenters. The number of esters is 1. The van der Waals surface area contributed by atoms with Crippen molar-refractivity contribution in [3.63, 3.8) is 0 Å². The molecule has 1 aliphatic heterocycles. The van der Waals surface area contributed by atoms with Crippen LogP contribution in [-0.4, -0.2) is 57.5 Å². The molecule has 0 aliphatic carbocycles. The molecule has 4 rings (SSSR count). The molecule has 2 heterocycles. The van der Waals surface area contributed by atoms with Gasteiger partial charge in [-0.2, -0.15) is 0 Å². The van der Waals surface area contributed by atoms with Crippen LogP contribution in [-0.2, 0) is 14.8 Å². The van der Waals surface area contributed by atoms with Gasteiger partial charge in [0.1, 0.15) is 19.3 Å². The second-order valence-electron chi connectivity index (χ2n) is 7.32. The van der Waals surface area contributed by atoms with Crippen LogP contribution in [0.4, 0.5) is 5.69 Å². The summed E-state index contributed by atoms with van der Waals surface area (Å²) in [6, 6.07) is 10.4. The summed E-state index contributed by atoms with van der Waals surface area (Å²) in [5.41, 5.74) is 0.955. The first kappa shape index (κ1) is 21.7. The Morgan fingerprint density at radius 3 is 2.47 bits per heavy atom.